The first kappa shape index (κ1) is 23.8. The standard InChI is InChI=1S/C24H22FN3O4S2/c1-13(22(29)26-16-8-9-18(31-2)19(10-16)32-3)33-12-20-27-23(30)21-17(11-34-24(21)28-20)14-4-6-15(25)7-5-14/h4-11,13H,12H2,1-3H3,(H,26,29)(H,27,28,30)/t13-/m1/s1. The van der Waals surface area contributed by atoms with E-state index in [0.29, 0.717) is 39.0 Å². The molecule has 1 amide bonds. The van der Waals surface area contributed by atoms with Crippen LogP contribution < -0.4 is 20.3 Å². The van der Waals surface area contributed by atoms with Gasteiger partial charge in [-0.15, -0.1) is 23.1 Å². The Bertz CT molecular complexity index is 1390. The summed E-state index contributed by atoms with van der Waals surface area (Å²) in [6.45, 7) is 1.79. The number of nitrogens with one attached hydrogen (secondary N) is 2. The van der Waals surface area contributed by atoms with Gasteiger partial charge in [0, 0.05) is 22.7 Å². The van der Waals surface area contributed by atoms with Gasteiger partial charge in [0.15, 0.2) is 11.5 Å². The molecule has 2 N–H and O–H groups in total. The second kappa shape index (κ2) is 10.3. The van der Waals surface area contributed by atoms with Gasteiger partial charge in [0.05, 0.1) is 30.6 Å². The van der Waals surface area contributed by atoms with E-state index >= 15 is 0 Å². The molecule has 2 aromatic heterocycles. The lowest BCUT2D eigenvalue weighted by Crippen LogP contribution is -2.23. The van der Waals surface area contributed by atoms with Crippen molar-refractivity contribution in [1.82, 2.24) is 9.97 Å². The Morgan fingerprint density at radius 1 is 1.18 bits per heavy atom. The van der Waals surface area contributed by atoms with E-state index in [4.69, 9.17) is 9.47 Å². The van der Waals surface area contributed by atoms with Crippen molar-refractivity contribution in [3.05, 3.63) is 69.8 Å². The third-order valence-electron chi connectivity index (χ3n) is 5.14. The summed E-state index contributed by atoms with van der Waals surface area (Å²) in [5.41, 5.74) is 1.80. The van der Waals surface area contributed by atoms with Crippen LogP contribution in [0.4, 0.5) is 10.1 Å². The third kappa shape index (κ3) is 5.07. The van der Waals surface area contributed by atoms with E-state index in [1.54, 1.807) is 44.4 Å². The highest BCUT2D eigenvalue weighted by molar-refractivity contribution is 7.99. The van der Waals surface area contributed by atoms with Crippen LogP contribution in [0.2, 0.25) is 0 Å². The van der Waals surface area contributed by atoms with Crippen LogP contribution in [0.15, 0.2) is 52.6 Å². The molecule has 7 nitrogen and oxygen atoms in total. The minimum absolute atomic E-state index is 0.185. The number of H-pyrrole nitrogens is 1. The Kier molecular flexibility index (Phi) is 7.18. The van der Waals surface area contributed by atoms with Crippen molar-refractivity contribution >= 4 is 44.9 Å². The van der Waals surface area contributed by atoms with Crippen LogP contribution in [0.3, 0.4) is 0 Å². The maximum atomic E-state index is 13.2. The number of amides is 1. The number of aromatic amines is 1. The molecule has 0 saturated carbocycles. The topological polar surface area (TPSA) is 93.3 Å². The predicted molar refractivity (Wildman–Crippen MR) is 135 cm³/mol. The zero-order chi connectivity index (χ0) is 24.2. The number of thioether (sulfide) groups is 1. The average molecular weight is 500 g/mol. The number of rotatable bonds is 8. The van der Waals surface area contributed by atoms with Gasteiger partial charge in [-0.25, -0.2) is 9.37 Å². The molecule has 0 radical (unpaired) electrons. The molecule has 2 aromatic carbocycles. The van der Waals surface area contributed by atoms with Gasteiger partial charge in [-0.05, 0) is 36.8 Å². The summed E-state index contributed by atoms with van der Waals surface area (Å²) in [5, 5.41) is 4.78. The Balaban J connectivity index is 1.44. The van der Waals surface area contributed by atoms with E-state index in [9.17, 15) is 14.0 Å². The Morgan fingerprint density at radius 3 is 2.62 bits per heavy atom. The smallest absolute Gasteiger partial charge is 0.260 e. The lowest BCUT2D eigenvalue weighted by Gasteiger charge is -2.14. The maximum Gasteiger partial charge on any atom is 0.260 e. The molecule has 0 aliphatic carbocycles. The molecule has 0 fully saturated rings. The molecule has 4 aromatic rings. The summed E-state index contributed by atoms with van der Waals surface area (Å²) in [6, 6.07) is 11.1. The van der Waals surface area contributed by atoms with Crippen molar-refractivity contribution in [1.29, 1.82) is 0 Å². The number of hydrogen-bond acceptors (Lipinski definition) is 7. The van der Waals surface area contributed by atoms with Gasteiger partial charge in [-0.1, -0.05) is 12.1 Å². The fourth-order valence-corrected chi connectivity index (χ4v) is 5.06. The summed E-state index contributed by atoms with van der Waals surface area (Å²) in [5.74, 6) is 1.42. The molecule has 10 heteroatoms. The van der Waals surface area contributed by atoms with E-state index in [2.05, 4.69) is 15.3 Å². The monoisotopic (exact) mass is 499 g/mol. The number of hydrogen-bond donors (Lipinski definition) is 2. The molecule has 4 rings (SSSR count). The SMILES string of the molecule is COc1ccc(NC(=O)[C@@H](C)SCc2nc3scc(-c4ccc(F)cc4)c3c(=O)[nH]2)cc1OC. The minimum atomic E-state index is -0.396. The van der Waals surface area contributed by atoms with E-state index in [1.165, 1.54) is 42.3 Å². The number of benzene rings is 2. The molecule has 0 saturated heterocycles. The van der Waals surface area contributed by atoms with Gasteiger partial charge in [0.25, 0.3) is 5.56 Å². The summed E-state index contributed by atoms with van der Waals surface area (Å²) < 4.78 is 23.7. The molecule has 0 aliphatic heterocycles. The van der Waals surface area contributed by atoms with E-state index in [0.717, 1.165) is 11.1 Å². The first-order chi connectivity index (χ1) is 16.4. The van der Waals surface area contributed by atoms with Gasteiger partial charge in [0.1, 0.15) is 16.5 Å². The Hall–Kier alpha value is -3.37. The van der Waals surface area contributed by atoms with Crippen LogP contribution in [-0.4, -0.2) is 35.3 Å². The summed E-state index contributed by atoms with van der Waals surface area (Å²) in [7, 11) is 3.08. The molecule has 34 heavy (non-hydrogen) atoms. The summed E-state index contributed by atoms with van der Waals surface area (Å²) in [4.78, 5) is 33.4. The lowest BCUT2D eigenvalue weighted by atomic mass is 10.1. The van der Waals surface area contributed by atoms with Crippen molar-refractivity contribution in [3.63, 3.8) is 0 Å². The number of thiophene rings is 1. The molecule has 2 heterocycles. The predicted octanol–water partition coefficient (Wildman–Crippen LogP) is 5.07. The highest BCUT2D eigenvalue weighted by Gasteiger charge is 2.17. The second-order valence-corrected chi connectivity index (χ2v) is 9.55. The second-order valence-electron chi connectivity index (χ2n) is 7.36. The van der Waals surface area contributed by atoms with Crippen LogP contribution in [0.5, 0.6) is 11.5 Å². The number of aromatic nitrogens is 2. The van der Waals surface area contributed by atoms with E-state index < -0.39 is 5.25 Å². The van der Waals surface area contributed by atoms with Crippen LogP contribution in [0, 0.1) is 5.82 Å². The van der Waals surface area contributed by atoms with Gasteiger partial charge >= 0.3 is 0 Å². The van der Waals surface area contributed by atoms with Crippen molar-refractivity contribution in [2.75, 3.05) is 19.5 Å². The molecule has 0 aliphatic rings. The number of carbonyl (C=O) groups is 1. The molecule has 1 atom stereocenters. The average Bonchev–Trinajstić information content (AvgIpc) is 3.27. The first-order valence-electron chi connectivity index (χ1n) is 10.3. The number of ether oxygens (including phenoxy) is 2. The number of fused-ring (bicyclic) bond motifs is 1. The van der Waals surface area contributed by atoms with Gasteiger partial charge in [-0.3, -0.25) is 9.59 Å². The molecule has 0 unspecified atom stereocenters. The van der Waals surface area contributed by atoms with E-state index in [-0.39, 0.29) is 17.3 Å². The van der Waals surface area contributed by atoms with Crippen LogP contribution in [0.25, 0.3) is 21.3 Å². The van der Waals surface area contributed by atoms with Crippen molar-refractivity contribution in [2.24, 2.45) is 0 Å². The quantitative estimate of drug-likeness (QED) is 0.352. The zero-order valence-electron chi connectivity index (χ0n) is 18.7. The number of halogens is 1. The fourth-order valence-electron chi connectivity index (χ4n) is 3.34. The molecule has 176 valence electrons. The molecular formula is C24H22FN3O4S2. The highest BCUT2D eigenvalue weighted by atomic mass is 32.2. The minimum Gasteiger partial charge on any atom is -0.493 e. The van der Waals surface area contributed by atoms with E-state index in [1.807, 2.05) is 5.38 Å². The van der Waals surface area contributed by atoms with Gasteiger partial charge in [-0.2, -0.15) is 0 Å². The zero-order valence-corrected chi connectivity index (χ0v) is 20.3. The Morgan fingerprint density at radius 2 is 1.91 bits per heavy atom. The first-order valence-corrected chi connectivity index (χ1v) is 12.2. The molecular weight excluding hydrogens is 477 g/mol. The molecule has 0 bridgehead atoms. The maximum absolute atomic E-state index is 13.2. The molecule has 0 spiro atoms. The van der Waals surface area contributed by atoms with Crippen molar-refractivity contribution < 1.29 is 18.7 Å². The van der Waals surface area contributed by atoms with Gasteiger partial charge < -0.3 is 19.8 Å². The van der Waals surface area contributed by atoms with Crippen LogP contribution in [-0.2, 0) is 10.5 Å². The lowest BCUT2D eigenvalue weighted by molar-refractivity contribution is -0.115. The third-order valence-corrected chi connectivity index (χ3v) is 7.16. The summed E-state index contributed by atoms with van der Waals surface area (Å²) in [6.07, 6.45) is 0. The van der Waals surface area contributed by atoms with Crippen molar-refractivity contribution in [3.8, 4) is 22.6 Å². The van der Waals surface area contributed by atoms with Gasteiger partial charge in [0.2, 0.25) is 5.91 Å². The van der Waals surface area contributed by atoms with Crippen LogP contribution in [0.1, 0.15) is 12.7 Å². The number of methoxy groups -OCH3 is 2. The highest BCUT2D eigenvalue weighted by Crippen LogP contribution is 2.32. The Labute approximate surface area is 203 Å². The number of nitrogens with zero attached hydrogens (tertiary/aromatic N) is 1. The fraction of sp³-hybridized carbons (Fsp3) is 0.208. The van der Waals surface area contributed by atoms with Crippen molar-refractivity contribution in [2.45, 2.75) is 17.9 Å². The number of carbonyl (C=O) groups excluding carboxylic acids is 1. The summed E-state index contributed by atoms with van der Waals surface area (Å²) >= 11 is 2.71. The normalized spacial score (nSPS) is 11.9. The number of anilines is 1. The van der Waals surface area contributed by atoms with Crippen LogP contribution >= 0.6 is 23.1 Å². The largest absolute Gasteiger partial charge is 0.493 e.